The molecule has 1 atom stereocenters. The van der Waals surface area contributed by atoms with Crippen LogP contribution in [-0.2, 0) is 4.79 Å². The summed E-state index contributed by atoms with van der Waals surface area (Å²) >= 11 is 5.76. The smallest absolute Gasteiger partial charge is 0.315 e. The van der Waals surface area contributed by atoms with Gasteiger partial charge in [-0.1, -0.05) is 18.9 Å². The summed E-state index contributed by atoms with van der Waals surface area (Å²) in [5.41, 5.74) is 0. The van der Waals surface area contributed by atoms with E-state index in [0.717, 1.165) is 0 Å². The molecule has 0 bridgehead atoms. The fraction of sp³-hybridized carbons (Fsp3) is 0.700. The van der Waals surface area contributed by atoms with Gasteiger partial charge in [0.1, 0.15) is 5.38 Å². The lowest BCUT2D eigenvalue weighted by Crippen LogP contribution is -2.32. The summed E-state index contributed by atoms with van der Waals surface area (Å²) in [5, 5.41) is 12.6. The van der Waals surface area contributed by atoms with E-state index in [1.807, 2.05) is 13.8 Å². The minimum absolute atomic E-state index is 0.102. The first-order valence-electron chi connectivity index (χ1n) is 5.47. The summed E-state index contributed by atoms with van der Waals surface area (Å²) in [6.45, 7) is 6.53. The maximum atomic E-state index is 11.4. The summed E-state index contributed by atoms with van der Waals surface area (Å²) < 4.78 is 5.18. The Morgan fingerprint density at radius 3 is 2.65 bits per heavy atom. The molecule has 17 heavy (non-hydrogen) atoms. The number of rotatable bonds is 6. The van der Waals surface area contributed by atoms with Gasteiger partial charge in [0.2, 0.25) is 11.8 Å². The number of anilines is 1. The van der Waals surface area contributed by atoms with Crippen molar-refractivity contribution < 1.29 is 9.21 Å². The molecule has 1 amide bonds. The molecule has 0 spiro atoms. The highest BCUT2D eigenvalue weighted by Crippen LogP contribution is 2.18. The van der Waals surface area contributed by atoms with Crippen molar-refractivity contribution in [3.63, 3.8) is 0 Å². The van der Waals surface area contributed by atoms with Crippen molar-refractivity contribution in [1.29, 1.82) is 0 Å². The molecule has 0 saturated carbocycles. The predicted octanol–water partition coefficient (Wildman–Crippen LogP) is 1.55. The van der Waals surface area contributed by atoms with Crippen LogP contribution in [0.25, 0.3) is 0 Å². The predicted molar refractivity (Wildman–Crippen MR) is 64.9 cm³/mol. The highest BCUT2D eigenvalue weighted by atomic mass is 35.5. The molecule has 0 saturated heterocycles. The number of carbonyl (C=O) groups is 1. The van der Waals surface area contributed by atoms with Gasteiger partial charge in [-0.05, 0) is 12.8 Å². The first kappa shape index (κ1) is 13.8. The molecule has 1 aromatic heterocycles. The topological polar surface area (TPSA) is 80.0 Å². The number of carbonyl (C=O) groups excluding carboxylic acids is 1. The molecule has 6 nitrogen and oxygen atoms in total. The quantitative estimate of drug-likeness (QED) is 0.759. The Labute approximate surface area is 105 Å². The Balaban J connectivity index is 2.32. The standard InChI is InChI=1S/C10H17ClN4O2/c1-6(2)4-12-8(16)5-13-10-15-14-9(17-10)7(3)11/h6-7H,4-5H2,1-3H3,(H,12,16)(H,13,15). The van der Waals surface area contributed by atoms with Crippen LogP contribution in [0.15, 0.2) is 4.42 Å². The minimum atomic E-state index is -0.340. The van der Waals surface area contributed by atoms with E-state index in [1.54, 1.807) is 6.92 Å². The van der Waals surface area contributed by atoms with Gasteiger partial charge in [0.05, 0.1) is 6.54 Å². The molecular formula is C10H17ClN4O2. The van der Waals surface area contributed by atoms with Crippen molar-refractivity contribution in [2.75, 3.05) is 18.4 Å². The van der Waals surface area contributed by atoms with E-state index < -0.39 is 0 Å². The van der Waals surface area contributed by atoms with Gasteiger partial charge in [0.25, 0.3) is 0 Å². The molecule has 7 heteroatoms. The molecule has 1 rings (SSSR count). The molecule has 1 aromatic rings. The summed E-state index contributed by atoms with van der Waals surface area (Å²) in [7, 11) is 0. The second-order valence-corrected chi connectivity index (χ2v) is 4.77. The van der Waals surface area contributed by atoms with Gasteiger partial charge in [0, 0.05) is 6.54 Å². The lowest BCUT2D eigenvalue weighted by Gasteiger charge is -2.07. The van der Waals surface area contributed by atoms with Crippen molar-refractivity contribution >= 4 is 23.5 Å². The Hall–Kier alpha value is -1.30. The van der Waals surface area contributed by atoms with Crippen LogP contribution in [-0.4, -0.2) is 29.2 Å². The first-order valence-corrected chi connectivity index (χ1v) is 5.90. The zero-order chi connectivity index (χ0) is 12.8. The van der Waals surface area contributed by atoms with Crippen LogP contribution < -0.4 is 10.6 Å². The monoisotopic (exact) mass is 260 g/mol. The van der Waals surface area contributed by atoms with Crippen LogP contribution in [0.1, 0.15) is 32.0 Å². The molecule has 0 fully saturated rings. The van der Waals surface area contributed by atoms with Gasteiger partial charge >= 0.3 is 6.01 Å². The third-order valence-electron chi connectivity index (χ3n) is 1.89. The SMILES string of the molecule is CC(C)CNC(=O)CNc1nnc(C(C)Cl)o1. The average molecular weight is 261 g/mol. The number of nitrogens with zero attached hydrogens (tertiary/aromatic N) is 2. The molecule has 2 N–H and O–H groups in total. The first-order chi connectivity index (χ1) is 7.99. The second kappa shape index (κ2) is 6.44. The fourth-order valence-corrected chi connectivity index (χ4v) is 1.09. The van der Waals surface area contributed by atoms with E-state index in [0.29, 0.717) is 18.4 Å². The Morgan fingerprint density at radius 2 is 2.12 bits per heavy atom. The van der Waals surface area contributed by atoms with Gasteiger partial charge in [0.15, 0.2) is 0 Å². The molecule has 0 aliphatic heterocycles. The van der Waals surface area contributed by atoms with Crippen molar-refractivity contribution in [3.8, 4) is 0 Å². The van der Waals surface area contributed by atoms with Crippen molar-refractivity contribution in [2.45, 2.75) is 26.1 Å². The number of hydrogen-bond acceptors (Lipinski definition) is 5. The van der Waals surface area contributed by atoms with E-state index in [-0.39, 0.29) is 23.8 Å². The van der Waals surface area contributed by atoms with E-state index in [9.17, 15) is 4.79 Å². The van der Waals surface area contributed by atoms with Crippen LogP contribution >= 0.6 is 11.6 Å². The zero-order valence-electron chi connectivity index (χ0n) is 10.2. The number of nitrogens with one attached hydrogen (secondary N) is 2. The maximum Gasteiger partial charge on any atom is 0.315 e. The fourth-order valence-electron chi connectivity index (χ4n) is 1.00. The third-order valence-corrected chi connectivity index (χ3v) is 2.08. The van der Waals surface area contributed by atoms with E-state index in [4.69, 9.17) is 16.0 Å². The van der Waals surface area contributed by atoms with Gasteiger partial charge in [-0.3, -0.25) is 4.79 Å². The zero-order valence-corrected chi connectivity index (χ0v) is 10.9. The molecule has 96 valence electrons. The Bertz CT molecular complexity index is 365. The van der Waals surface area contributed by atoms with Crippen LogP contribution in [0.2, 0.25) is 0 Å². The van der Waals surface area contributed by atoms with E-state index >= 15 is 0 Å². The van der Waals surface area contributed by atoms with Gasteiger partial charge in [-0.2, -0.15) is 0 Å². The molecule has 0 radical (unpaired) electrons. The molecule has 0 aliphatic carbocycles. The molecule has 0 aromatic carbocycles. The van der Waals surface area contributed by atoms with Crippen LogP contribution in [0.5, 0.6) is 0 Å². The summed E-state index contributed by atoms with van der Waals surface area (Å²) in [6, 6.07) is 0.201. The number of amides is 1. The Kier molecular flexibility index (Phi) is 5.21. The maximum absolute atomic E-state index is 11.4. The number of halogens is 1. The largest absolute Gasteiger partial charge is 0.406 e. The molecular weight excluding hydrogens is 244 g/mol. The highest BCUT2D eigenvalue weighted by molar-refractivity contribution is 6.20. The van der Waals surface area contributed by atoms with Gasteiger partial charge < -0.3 is 15.1 Å². The van der Waals surface area contributed by atoms with Crippen molar-refractivity contribution in [1.82, 2.24) is 15.5 Å². The highest BCUT2D eigenvalue weighted by Gasteiger charge is 2.11. The van der Waals surface area contributed by atoms with E-state index in [2.05, 4.69) is 20.8 Å². The third kappa shape index (κ3) is 5.04. The minimum Gasteiger partial charge on any atom is -0.406 e. The molecule has 0 aliphatic rings. The summed E-state index contributed by atoms with van der Waals surface area (Å²) in [6.07, 6.45) is 0. The number of alkyl halides is 1. The van der Waals surface area contributed by atoms with Crippen LogP contribution in [0.4, 0.5) is 6.01 Å². The normalized spacial score (nSPS) is 12.5. The van der Waals surface area contributed by atoms with Crippen LogP contribution in [0.3, 0.4) is 0 Å². The molecule has 1 unspecified atom stereocenters. The lowest BCUT2D eigenvalue weighted by atomic mass is 10.2. The average Bonchev–Trinajstić information content (AvgIpc) is 2.72. The van der Waals surface area contributed by atoms with Crippen molar-refractivity contribution in [2.24, 2.45) is 5.92 Å². The summed E-state index contributed by atoms with van der Waals surface area (Å²) in [5.74, 6) is 0.639. The summed E-state index contributed by atoms with van der Waals surface area (Å²) in [4.78, 5) is 11.4. The lowest BCUT2D eigenvalue weighted by molar-refractivity contribution is -0.119. The van der Waals surface area contributed by atoms with E-state index in [1.165, 1.54) is 0 Å². The second-order valence-electron chi connectivity index (χ2n) is 4.11. The number of hydrogen-bond donors (Lipinski definition) is 2. The number of aromatic nitrogens is 2. The molecule has 1 heterocycles. The van der Waals surface area contributed by atoms with Crippen molar-refractivity contribution in [3.05, 3.63) is 5.89 Å². The van der Waals surface area contributed by atoms with Crippen LogP contribution in [0, 0.1) is 5.92 Å². The Morgan fingerprint density at radius 1 is 1.41 bits per heavy atom. The van der Waals surface area contributed by atoms with Gasteiger partial charge in [-0.15, -0.1) is 16.7 Å². The van der Waals surface area contributed by atoms with Gasteiger partial charge in [-0.25, -0.2) is 0 Å².